The van der Waals surface area contributed by atoms with Gasteiger partial charge in [0.05, 0.1) is 63.4 Å². The second-order valence-corrected chi connectivity index (χ2v) is 17.4. The van der Waals surface area contributed by atoms with Gasteiger partial charge in [0.1, 0.15) is 17.9 Å². The zero-order valence-corrected chi connectivity index (χ0v) is 35.2. The fourth-order valence-corrected chi connectivity index (χ4v) is 8.49. The molecule has 0 spiro atoms. The van der Waals surface area contributed by atoms with Gasteiger partial charge in [0.15, 0.2) is 0 Å². The molecule has 4 N–H and O–H groups in total. The third kappa shape index (κ3) is 8.39. The van der Waals surface area contributed by atoms with Crippen LogP contribution in [0.5, 0.6) is 5.88 Å². The Bertz CT molecular complexity index is 2470. The van der Waals surface area contributed by atoms with Crippen molar-refractivity contribution in [2.75, 3.05) is 13.7 Å². The number of rotatable bonds is 11. The second kappa shape index (κ2) is 16.1. The molecule has 2 amide bonds. The zero-order valence-electron chi connectivity index (χ0n) is 33.0. The number of carbonyl (C=O) groups is 2. The molecule has 1 saturated carbocycles. The molecule has 1 unspecified atom stereocenters. The third-order valence-corrected chi connectivity index (χ3v) is 11.8. The second-order valence-electron chi connectivity index (χ2n) is 16.3. The normalized spacial score (nSPS) is 19.8. The van der Waals surface area contributed by atoms with Gasteiger partial charge >= 0.3 is 6.09 Å². The van der Waals surface area contributed by atoms with Crippen LogP contribution in [0.25, 0.3) is 39.2 Å². The standard InChI is InChI=1S/C41H45Cl3N8O6/c1-40(2,3)36(49-39(55)58-20-22-10-11-31(53)47-22)32-27(42)15-28(48-37(32)57-6)26-9-7-8-24(33(26)43)25-12-13-45-35(34(25)44)21-14-29-38(54)51(5)30(50-52(29)19-21)18-46-23-16-41(4,56)17-23/h7-9,12-15,19,22-23,36,46,56H,10-11,16-18,20H2,1-6H3,(H,47,53)(H,49,55)/t22-,23?,36?,41?/m0/s1. The molecule has 58 heavy (non-hydrogen) atoms. The van der Waals surface area contributed by atoms with Crippen molar-refractivity contribution in [2.24, 2.45) is 12.5 Å². The average molecular weight is 852 g/mol. The van der Waals surface area contributed by atoms with Gasteiger partial charge < -0.3 is 30.5 Å². The molecule has 7 rings (SSSR count). The van der Waals surface area contributed by atoms with Crippen LogP contribution in [0.3, 0.4) is 0 Å². The van der Waals surface area contributed by atoms with Crippen LogP contribution in [0.15, 0.2) is 53.6 Å². The predicted octanol–water partition coefficient (Wildman–Crippen LogP) is 6.89. The summed E-state index contributed by atoms with van der Waals surface area (Å²) in [4.78, 5) is 47.4. The minimum atomic E-state index is -0.672. The molecule has 5 aromatic rings. The van der Waals surface area contributed by atoms with Gasteiger partial charge in [-0.3, -0.25) is 19.1 Å². The summed E-state index contributed by atoms with van der Waals surface area (Å²) in [6.07, 6.45) is 4.93. The number of hydrogen-bond donors (Lipinski definition) is 4. The first-order chi connectivity index (χ1) is 27.4. The Labute approximate surface area is 350 Å². The van der Waals surface area contributed by atoms with Crippen LogP contribution in [0, 0.1) is 5.41 Å². The summed E-state index contributed by atoms with van der Waals surface area (Å²) in [5, 5.41) is 24.8. The molecule has 2 atom stereocenters. The Morgan fingerprint density at radius 2 is 1.83 bits per heavy atom. The number of alkyl carbamates (subject to hydrolysis) is 1. The number of fused-ring (bicyclic) bond motifs is 1. The van der Waals surface area contributed by atoms with E-state index in [1.165, 1.54) is 16.2 Å². The highest BCUT2D eigenvalue weighted by Crippen LogP contribution is 2.45. The van der Waals surface area contributed by atoms with Crippen LogP contribution in [0.4, 0.5) is 4.79 Å². The van der Waals surface area contributed by atoms with Gasteiger partial charge in [-0.25, -0.2) is 14.3 Å². The number of pyridine rings is 2. The Morgan fingerprint density at radius 1 is 1.10 bits per heavy atom. The van der Waals surface area contributed by atoms with E-state index in [1.54, 1.807) is 43.7 Å². The smallest absolute Gasteiger partial charge is 0.407 e. The number of amides is 2. The summed E-state index contributed by atoms with van der Waals surface area (Å²) < 4.78 is 14.3. The van der Waals surface area contributed by atoms with Crippen molar-refractivity contribution in [3.05, 3.63) is 85.6 Å². The van der Waals surface area contributed by atoms with Crippen molar-refractivity contribution in [3.8, 4) is 39.5 Å². The largest absolute Gasteiger partial charge is 0.481 e. The number of aliphatic hydroxyl groups is 1. The lowest BCUT2D eigenvalue weighted by Gasteiger charge is -2.41. The first-order valence-corrected chi connectivity index (χ1v) is 20.0. The lowest BCUT2D eigenvalue weighted by atomic mass is 9.77. The monoisotopic (exact) mass is 850 g/mol. The maximum atomic E-state index is 13.4. The maximum Gasteiger partial charge on any atom is 0.407 e. The Balaban J connectivity index is 1.17. The van der Waals surface area contributed by atoms with Crippen LogP contribution >= 0.6 is 34.8 Å². The molecule has 4 aromatic heterocycles. The van der Waals surface area contributed by atoms with E-state index >= 15 is 0 Å². The number of aromatic nitrogens is 5. The highest BCUT2D eigenvalue weighted by Gasteiger charge is 2.38. The van der Waals surface area contributed by atoms with E-state index in [4.69, 9.17) is 54.4 Å². The number of halogens is 3. The van der Waals surface area contributed by atoms with E-state index in [2.05, 4.69) is 20.9 Å². The summed E-state index contributed by atoms with van der Waals surface area (Å²) >= 11 is 21.3. The number of methoxy groups -OCH3 is 1. The van der Waals surface area contributed by atoms with Crippen molar-refractivity contribution >= 4 is 52.3 Å². The first-order valence-electron chi connectivity index (χ1n) is 18.9. The number of carbonyl (C=O) groups excluding carboxylic acids is 2. The van der Waals surface area contributed by atoms with Gasteiger partial charge in [-0.2, -0.15) is 5.10 Å². The topological polar surface area (TPSA) is 174 Å². The molecule has 5 heterocycles. The molecule has 17 heteroatoms. The number of ether oxygens (including phenoxy) is 2. The fraction of sp³-hybridized carbons (Fsp3) is 0.415. The van der Waals surface area contributed by atoms with Crippen molar-refractivity contribution < 1.29 is 24.2 Å². The van der Waals surface area contributed by atoms with E-state index in [9.17, 15) is 19.5 Å². The highest BCUT2D eigenvalue weighted by atomic mass is 35.5. The lowest BCUT2D eigenvalue weighted by Crippen LogP contribution is -2.51. The molecule has 2 aliphatic rings. The fourth-order valence-electron chi connectivity index (χ4n) is 7.55. The number of benzene rings is 1. The van der Waals surface area contributed by atoms with Crippen LogP contribution in [0.2, 0.25) is 15.1 Å². The maximum absolute atomic E-state index is 13.4. The highest BCUT2D eigenvalue weighted by molar-refractivity contribution is 6.39. The van der Waals surface area contributed by atoms with Crippen LogP contribution in [0.1, 0.15) is 70.8 Å². The molecule has 0 bridgehead atoms. The zero-order chi connectivity index (χ0) is 41.7. The van der Waals surface area contributed by atoms with Crippen molar-refractivity contribution in [3.63, 3.8) is 0 Å². The molecule has 1 saturated heterocycles. The SMILES string of the molecule is COc1nc(-c2cccc(-c3ccnc(-c4cc5c(=O)n(C)c(CNC6CC(C)(O)C6)nn5c4)c3Cl)c2Cl)cc(Cl)c1C(NC(=O)OC[C@@H]1CCC(=O)N1)C(C)(C)C. The molecular formula is C41H45Cl3N8O6. The summed E-state index contributed by atoms with van der Waals surface area (Å²) in [5.74, 6) is 0.661. The quantitative estimate of drug-likeness (QED) is 0.110. The van der Waals surface area contributed by atoms with Gasteiger partial charge in [-0.05, 0) is 49.8 Å². The van der Waals surface area contributed by atoms with Gasteiger partial charge in [0, 0.05) is 54.2 Å². The molecule has 14 nitrogen and oxygen atoms in total. The molecule has 306 valence electrons. The van der Waals surface area contributed by atoms with Gasteiger partial charge in [0.2, 0.25) is 11.8 Å². The third-order valence-electron chi connectivity index (χ3n) is 10.7. The molecule has 1 aliphatic heterocycles. The molecule has 2 fully saturated rings. The van der Waals surface area contributed by atoms with Crippen LogP contribution in [-0.4, -0.2) is 72.7 Å². The Morgan fingerprint density at radius 3 is 2.50 bits per heavy atom. The van der Waals surface area contributed by atoms with E-state index < -0.39 is 23.2 Å². The Hall–Kier alpha value is -4.73. The van der Waals surface area contributed by atoms with Gasteiger partial charge in [-0.15, -0.1) is 0 Å². The average Bonchev–Trinajstić information content (AvgIpc) is 3.78. The van der Waals surface area contributed by atoms with E-state index in [0.29, 0.717) is 92.8 Å². The Kier molecular flexibility index (Phi) is 11.5. The number of nitrogens with zero attached hydrogens (tertiary/aromatic N) is 5. The summed E-state index contributed by atoms with van der Waals surface area (Å²) in [6.45, 7) is 8.04. The van der Waals surface area contributed by atoms with Crippen molar-refractivity contribution in [1.29, 1.82) is 0 Å². The predicted molar refractivity (Wildman–Crippen MR) is 222 cm³/mol. The summed E-state index contributed by atoms with van der Waals surface area (Å²) in [5.41, 5.74) is 2.56. The van der Waals surface area contributed by atoms with Crippen LogP contribution < -0.4 is 26.2 Å². The van der Waals surface area contributed by atoms with Gasteiger partial charge in [0.25, 0.3) is 5.56 Å². The lowest BCUT2D eigenvalue weighted by molar-refractivity contribution is -0.119. The minimum absolute atomic E-state index is 0.0416. The molecule has 1 aliphatic carbocycles. The van der Waals surface area contributed by atoms with E-state index in [-0.39, 0.29) is 41.1 Å². The minimum Gasteiger partial charge on any atom is -0.481 e. The van der Waals surface area contributed by atoms with Gasteiger partial charge in [-0.1, -0.05) is 73.8 Å². The molecule has 1 aromatic carbocycles. The molecule has 0 radical (unpaired) electrons. The summed E-state index contributed by atoms with van der Waals surface area (Å²) in [7, 11) is 3.15. The number of hydrogen-bond acceptors (Lipinski definition) is 10. The number of nitrogens with one attached hydrogen (secondary N) is 3. The first kappa shape index (κ1) is 41.4. The van der Waals surface area contributed by atoms with E-state index in [0.717, 1.165) is 0 Å². The van der Waals surface area contributed by atoms with E-state index in [1.807, 2.05) is 39.8 Å². The summed E-state index contributed by atoms with van der Waals surface area (Å²) in [6, 6.07) is 9.84. The molecular weight excluding hydrogens is 807 g/mol. The van der Waals surface area contributed by atoms with Crippen molar-refractivity contribution in [1.82, 2.24) is 40.1 Å². The van der Waals surface area contributed by atoms with Crippen LogP contribution in [-0.2, 0) is 23.1 Å². The van der Waals surface area contributed by atoms with Crippen molar-refractivity contribution in [2.45, 2.75) is 83.6 Å².